The van der Waals surface area contributed by atoms with Gasteiger partial charge in [-0.3, -0.25) is 0 Å². The average molecular weight is 324 g/mol. The maximum atomic E-state index is 2.50. The normalized spacial score (nSPS) is 14.1. The van der Waals surface area contributed by atoms with Crippen LogP contribution in [0.4, 0.5) is 0 Å². The third-order valence-electron chi connectivity index (χ3n) is 0.865. The van der Waals surface area contributed by atoms with Crippen LogP contribution < -0.4 is 0 Å². The summed E-state index contributed by atoms with van der Waals surface area (Å²) in [4.78, 5) is 0. The van der Waals surface area contributed by atoms with Crippen molar-refractivity contribution in [3.05, 3.63) is 0 Å². The van der Waals surface area contributed by atoms with Crippen molar-refractivity contribution in [2.45, 2.75) is 23.7 Å². The van der Waals surface area contributed by atoms with Gasteiger partial charge in [0.2, 0.25) is 0 Å². The summed E-state index contributed by atoms with van der Waals surface area (Å²) >= 11 is 4.92. The summed E-state index contributed by atoms with van der Waals surface area (Å²) in [5, 5.41) is 0. The van der Waals surface area contributed by atoms with E-state index in [4.69, 9.17) is 0 Å². The Kier molecular flexibility index (Phi) is 6.76. The lowest BCUT2D eigenvalue weighted by atomic mass is 10.3. The highest BCUT2D eigenvalue weighted by molar-refractivity contribution is 14.1. The van der Waals surface area contributed by atoms with Gasteiger partial charge >= 0.3 is 0 Å². The Hall–Kier alpha value is 1.46. The van der Waals surface area contributed by atoms with E-state index in [-0.39, 0.29) is 0 Å². The summed E-state index contributed by atoms with van der Waals surface area (Å²) in [5.74, 6) is 0. The molecule has 0 heterocycles. The first-order valence-electron chi connectivity index (χ1n) is 2.51. The molecule has 0 N–H and O–H groups in total. The van der Waals surface area contributed by atoms with E-state index in [1.165, 1.54) is 17.3 Å². The monoisotopic (exact) mass is 324 g/mol. The minimum Gasteiger partial charge on any atom is -0.0863 e. The highest BCUT2D eigenvalue weighted by atomic mass is 127. The fourth-order valence-electron chi connectivity index (χ4n) is 0.323. The maximum absolute atomic E-state index is 2.50. The van der Waals surface area contributed by atoms with Crippen LogP contribution in [0.15, 0.2) is 0 Å². The van der Waals surface area contributed by atoms with E-state index in [0.717, 1.165) is 3.92 Å². The number of hydrogen-bond acceptors (Lipinski definition) is 0. The summed E-state index contributed by atoms with van der Waals surface area (Å²) in [5.41, 5.74) is 0. The molecule has 0 spiro atoms. The van der Waals surface area contributed by atoms with E-state index < -0.39 is 0 Å². The summed E-state index contributed by atoms with van der Waals surface area (Å²) in [6, 6.07) is 0. The molecule has 2 heteroatoms. The summed E-state index contributed by atoms with van der Waals surface area (Å²) in [6.07, 6.45) is 2.70. The Bertz CT molecular complexity index is 37.1. The maximum Gasteiger partial charge on any atom is 0.0114 e. The molecule has 1 unspecified atom stereocenters. The SMILES string of the molecule is CCC(I)CCI. The molecule has 0 nitrogen and oxygen atoms in total. The van der Waals surface area contributed by atoms with Crippen molar-refractivity contribution in [2.75, 3.05) is 4.43 Å². The van der Waals surface area contributed by atoms with Crippen molar-refractivity contribution in [2.24, 2.45) is 0 Å². The van der Waals surface area contributed by atoms with Gasteiger partial charge in [-0.15, -0.1) is 0 Å². The highest BCUT2D eigenvalue weighted by Gasteiger charge is 1.95. The van der Waals surface area contributed by atoms with Gasteiger partial charge in [-0.2, -0.15) is 0 Å². The topological polar surface area (TPSA) is 0 Å². The fourth-order valence-corrected chi connectivity index (χ4v) is 2.58. The summed E-state index contributed by atoms with van der Waals surface area (Å²) in [7, 11) is 0. The van der Waals surface area contributed by atoms with Crippen molar-refractivity contribution in [3.8, 4) is 0 Å². The first-order chi connectivity index (χ1) is 3.31. The molecule has 0 amide bonds. The standard InChI is InChI=1S/C5H10I2/c1-2-5(7)3-4-6/h5H,2-4H2,1H3. The van der Waals surface area contributed by atoms with Gasteiger partial charge in [0.15, 0.2) is 0 Å². The molecule has 0 aromatic heterocycles. The Morgan fingerprint density at radius 2 is 2.14 bits per heavy atom. The van der Waals surface area contributed by atoms with Crippen LogP contribution in [0, 0.1) is 0 Å². The van der Waals surface area contributed by atoms with Crippen LogP contribution in [0.2, 0.25) is 0 Å². The molecule has 0 saturated heterocycles. The van der Waals surface area contributed by atoms with Crippen molar-refractivity contribution in [1.82, 2.24) is 0 Å². The van der Waals surface area contributed by atoms with E-state index >= 15 is 0 Å². The van der Waals surface area contributed by atoms with Gasteiger partial charge in [-0.05, 0) is 12.8 Å². The smallest absolute Gasteiger partial charge is 0.0114 e. The quantitative estimate of drug-likeness (QED) is 0.553. The molecule has 0 radical (unpaired) electrons. The van der Waals surface area contributed by atoms with Crippen LogP contribution in [-0.4, -0.2) is 8.35 Å². The zero-order valence-electron chi connectivity index (χ0n) is 4.45. The third-order valence-corrected chi connectivity index (χ3v) is 2.99. The number of halogens is 2. The lowest BCUT2D eigenvalue weighted by molar-refractivity contribution is 0.834. The van der Waals surface area contributed by atoms with Gasteiger partial charge in [-0.25, -0.2) is 0 Å². The molecule has 0 aliphatic carbocycles. The van der Waals surface area contributed by atoms with Crippen LogP contribution >= 0.6 is 45.2 Å². The number of hydrogen-bond donors (Lipinski definition) is 0. The second kappa shape index (κ2) is 5.59. The highest BCUT2D eigenvalue weighted by Crippen LogP contribution is 2.10. The van der Waals surface area contributed by atoms with Gasteiger partial charge in [0.25, 0.3) is 0 Å². The van der Waals surface area contributed by atoms with Gasteiger partial charge in [0.05, 0.1) is 0 Å². The second-order valence-corrected chi connectivity index (χ2v) is 4.32. The van der Waals surface area contributed by atoms with Crippen molar-refractivity contribution in [3.63, 3.8) is 0 Å². The predicted octanol–water partition coefficient (Wildman–Crippen LogP) is 3.03. The fraction of sp³-hybridized carbons (Fsp3) is 1.00. The third kappa shape index (κ3) is 5.33. The Labute approximate surface area is 72.7 Å². The molecule has 0 rings (SSSR count). The predicted molar refractivity (Wildman–Crippen MR) is 51.6 cm³/mol. The van der Waals surface area contributed by atoms with E-state index in [2.05, 4.69) is 52.1 Å². The molecule has 0 bridgehead atoms. The van der Waals surface area contributed by atoms with Crippen molar-refractivity contribution in [1.29, 1.82) is 0 Å². The van der Waals surface area contributed by atoms with Gasteiger partial charge in [-0.1, -0.05) is 52.1 Å². The Morgan fingerprint density at radius 3 is 2.29 bits per heavy atom. The zero-order valence-corrected chi connectivity index (χ0v) is 8.77. The Balaban J connectivity index is 2.83. The van der Waals surface area contributed by atoms with Crippen LogP contribution in [-0.2, 0) is 0 Å². The summed E-state index contributed by atoms with van der Waals surface area (Å²) < 4.78 is 2.22. The van der Waals surface area contributed by atoms with E-state index in [1.807, 2.05) is 0 Å². The van der Waals surface area contributed by atoms with Gasteiger partial charge < -0.3 is 0 Å². The van der Waals surface area contributed by atoms with E-state index in [0.29, 0.717) is 0 Å². The molecule has 0 fully saturated rings. The molecule has 1 atom stereocenters. The minimum atomic E-state index is 0.912. The van der Waals surface area contributed by atoms with Crippen LogP contribution in [0.25, 0.3) is 0 Å². The Morgan fingerprint density at radius 1 is 1.57 bits per heavy atom. The molecule has 0 saturated carbocycles. The first-order valence-corrected chi connectivity index (χ1v) is 5.28. The first kappa shape index (κ1) is 8.46. The largest absolute Gasteiger partial charge is 0.0863 e. The molecule has 0 aliphatic heterocycles. The van der Waals surface area contributed by atoms with Crippen LogP contribution in [0.3, 0.4) is 0 Å². The van der Waals surface area contributed by atoms with Crippen molar-refractivity contribution >= 4 is 45.2 Å². The number of alkyl halides is 2. The van der Waals surface area contributed by atoms with Crippen LogP contribution in [0.5, 0.6) is 0 Å². The minimum absolute atomic E-state index is 0.912. The molecule has 7 heavy (non-hydrogen) atoms. The molecular weight excluding hydrogens is 314 g/mol. The van der Waals surface area contributed by atoms with Gasteiger partial charge in [0.1, 0.15) is 0 Å². The second-order valence-electron chi connectivity index (χ2n) is 1.48. The average Bonchev–Trinajstić information content (AvgIpc) is 1.68. The molecular formula is C5H10I2. The lowest BCUT2D eigenvalue weighted by Gasteiger charge is -1.99. The van der Waals surface area contributed by atoms with Crippen LogP contribution in [0.1, 0.15) is 19.8 Å². The molecule has 0 aromatic carbocycles. The van der Waals surface area contributed by atoms with Gasteiger partial charge in [0, 0.05) is 8.35 Å². The van der Waals surface area contributed by atoms with E-state index in [1.54, 1.807) is 0 Å². The zero-order chi connectivity index (χ0) is 5.70. The summed E-state index contributed by atoms with van der Waals surface area (Å²) in [6.45, 7) is 2.24. The molecule has 0 aromatic rings. The van der Waals surface area contributed by atoms with E-state index in [9.17, 15) is 0 Å². The lowest BCUT2D eigenvalue weighted by Crippen LogP contribution is -1.93. The van der Waals surface area contributed by atoms with Crippen molar-refractivity contribution < 1.29 is 0 Å². The molecule has 0 aliphatic rings. The number of rotatable bonds is 3. The molecule has 44 valence electrons.